The maximum Gasteiger partial charge on any atom is 0.191 e. The van der Waals surface area contributed by atoms with Crippen molar-refractivity contribution in [3.8, 4) is 5.75 Å². The predicted octanol–water partition coefficient (Wildman–Crippen LogP) is 3.24. The van der Waals surface area contributed by atoms with Crippen molar-refractivity contribution in [2.45, 2.75) is 26.8 Å². The van der Waals surface area contributed by atoms with Gasteiger partial charge in [-0.2, -0.15) is 0 Å². The summed E-state index contributed by atoms with van der Waals surface area (Å²) in [5.74, 6) is 1.65. The van der Waals surface area contributed by atoms with Crippen molar-refractivity contribution in [2.75, 3.05) is 33.9 Å². The van der Waals surface area contributed by atoms with Crippen LogP contribution in [0.5, 0.6) is 5.75 Å². The standard InChI is InChI=1S/C22H31N3O2/c1-17-12-18(2)14-19(13-17)8-9-24-22(23-3)25-16-20-6-5-7-21(15-20)27-11-10-26-4/h5-7,12-15H,8-11,16H2,1-4H3,(H2,23,24,25). The van der Waals surface area contributed by atoms with Gasteiger partial charge < -0.3 is 20.1 Å². The van der Waals surface area contributed by atoms with Gasteiger partial charge in [0, 0.05) is 27.2 Å². The van der Waals surface area contributed by atoms with E-state index in [9.17, 15) is 0 Å². The van der Waals surface area contributed by atoms with Gasteiger partial charge in [0.25, 0.3) is 0 Å². The normalized spacial score (nSPS) is 11.3. The van der Waals surface area contributed by atoms with E-state index in [0.717, 1.165) is 30.2 Å². The Morgan fingerprint density at radius 2 is 1.74 bits per heavy atom. The summed E-state index contributed by atoms with van der Waals surface area (Å²) >= 11 is 0. The molecule has 0 unspecified atom stereocenters. The van der Waals surface area contributed by atoms with E-state index in [0.29, 0.717) is 19.8 Å². The van der Waals surface area contributed by atoms with E-state index in [2.05, 4.69) is 53.7 Å². The SMILES string of the molecule is CN=C(NCCc1cc(C)cc(C)c1)NCc1cccc(OCCOC)c1. The molecule has 0 amide bonds. The second kappa shape index (κ2) is 11.2. The topological polar surface area (TPSA) is 54.9 Å². The minimum Gasteiger partial charge on any atom is -0.491 e. The van der Waals surface area contributed by atoms with Crippen LogP contribution in [0.4, 0.5) is 0 Å². The van der Waals surface area contributed by atoms with Crippen LogP contribution in [-0.4, -0.2) is 39.9 Å². The third-order valence-electron chi connectivity index (χ3n) is 4.13. The largest absolute Gasteiger partial charge is 0.491 e. The Labute approximate surface area is 162 Å². The van der Waals surface area contributed by atoms with Gasteiger partial charge >= 0.3 is 0 Å². The molecule has 0 spiro atoms. The van der Waals surface area contributed by atoms with E-state index >= 15 is 0 Å². The van der Waals surface area contributed by atoms with Gasteiger partial charge in [-0.05, 0) is 43.5 Å². The maximum absolute atomic E-state index is 5.65. The Bertz CT molecular complexity index is 724. The highest BCUT2D eigenvalue weighted by molar-refractivity contribution is 5.79. The van der Waals surface area contributed by atoms with Crippen LogP contribution in [0.2, 0.25) is 0 Å². The lowest BCUT2D eigenvalue weighted by Crippen LogP contribution is -2.37. The van der Waals surface area contributed by atoms with Gasteiger partial charge in [0.05, 0.1) is 6.61 Å². The zero-order chi connectivity index (χ0) is 19.5. The Morgan fingerprint density at radius 3 is 2.44 bits per heavy atom. The van der Waals surface area contributed by atoms with Gasteiger partial charge in [-0.3, -0.25) is 4.99 Å². The molecule has 0 aliphatic carbocycles. The van der Waals surface area contributed by atoms with Crippen molar-refractivity contribution < 1.29 is 9.47 Å². The number of aliphatic imine (C=N–C) groups is 1. The van der Waals surface area contributed by atoms with E-state index in [-0.39, 0.29) is 0 Å². The summed E-state index contributed by atoms with van der Waals surface area (Å²) in [5, 5.41) is 6.72. The summed E-state index contributed by atoms with van der Waals surface area (Å²) in [7, 11) is 3.46. The summed E-state index contributed by atoms with van der Waals surface area (Å²) in [5.41, 5.74) is 5.10. The highest BCUT2D eigenvalue weighted by Crippen LogP contribution is 2.13. The lowest BCUT2D eigenvalue weighted by Gasteiger charge is -2.13. The molecular weight excluding hydrogens is 338 g/mol. The number of methoxy groups -OCH3 is 1. The van der Waals surface area contributed by atoms with E-state index in [4.69, 9.17) is 9.47 Å². The van der Waals surface area contributed by atoms with Gasteiger partial charge in [-0.25, -0.2) is 0 Å². The molecule has 0 bridgehead atoms. The molecule has 0 aliphatic rings. The molecule has 0 atom stereocenters. The molecular formula is C22H31N3O2. The predicted molar refractivity (Wildman–Crippen MR) is 112 cm³/mol. The smallest absolute Gasteiger partial charge is 0.191 e. The molecule has 0 heterocycles. The van der Waals surface area contributed by atoms with Crippen molar-refractivity contribution in [1.82, 2.24) is 10.6 Å². The van der Waals surface area contributed by atoms with Crippen LogP contribution in [-0.2, 0) is 17.7 Å². The first-order valence-electron chi connectivity index (χ1n) is 9.33. The number of nitrogens with one attached hydrogen (secondary N) is 2. The summed E-state index contributed by atoms with van der Waals surface area (Å²) in [6, 6.07) is 14.7. The third kappa shape index (κ3) is 7.71. The second-order valence-electron chi connectivity index (χ2n) is 6.59. The number of guanidine groups is 1. The molecule has 0 saturated heterocycles. The zero-order valence-corrected chi connectivity index (χ0v) is 16.8. The molecule has 146 valence electrons. The van der Waals surface area contributed by atoms with Crippen molar-refractivity contribution in [3.05, 3.63) is 64.7 Å². The number of nitrogens with zero attached hydrogens (tertiary/aromatic N) is 1. The maximum atomic E-state index is 5.65. The summed E-state index contributed by atoms with van der Waals surface area (Å²) < 4.78 is 10.7. The fraction of sp³-hybridized carbons (Fsp3) is 0.409. The van der Waals surface area contributed by atoms with Crippen LogP contribution in [0.3, 0.4) is 0 Å². The summed E-state index contributed by atoms with van der Waals surface area (Å²) in [6.45, 7) is 6.93. The van der Waals surface area contributed by atoms with Crippen LogP contribution >= 0.6 is 0 Å². The lowest BCUT2D eigenvalue weighted by atomic mass is 10.1. The molecule has 2 aromatic carbocycles. The average molecular weight is 370 g/mol. The van der Waals surface area contributed by atoms with Crippen molar-refractivity contribution in [3.63, 3.8) is 0 Å². The number of benzene rings is 2. The molecule has 0 radical (unpaired) electrons. The average Bonchev–Trinajstić information content (AvgIpc) is 2.64. The number of hydrogen-bond donors (Lipinski definition) is 2. The minimum atomic E-state index is 0.551. The number of ether oxygens (including phenoxy) is 2. The van der Waals surface area contributed by atoms with Gasteiger partial charge in [0.1, 0.15) is 12.4 Å². The number of hydrogen-bond acceptors (Lipinski definition) is 3. The van der Waals surface area contributed by atoms with Crippen molar-refractivity contribution in [2.24, 2.45) is 4.99 Å². The molecule has 0 fully saturated rings. The summed E-state index contributed by atoms with van der Waals surface area (Å²) in [4.78, 5) is 4.30. The zero-order valence-electron chi connectivity index (χ0n) is 16.8. The number of rotatable bonds is 9. The van der Waals surface area contributed by atoms with Crippen LogP contribution in [0, 0.1) is 13.8 Å². The first kappa shape index (κ1) is 20.8. The van der Waals surface area contributed by atoms with E-state index in [1.165, 1.54) is 16.7 Å². The highest BCUT2D eigenvalue weighted by Gasteiger charge is 2.02. The van der Waals surface area contributed by atoms with E-state index in [1.54, 1.807) is 14.2 Å². The number of aryl methyl sites for hydroxylation is 2. The summed E-state index contributed by atoms with van der Waals surface area (Å²) in [6.07, 6.45) is 0.964. The highest BCUT2D eigenvalue weighted by atomic mass is 16.5. The lowest BCUT2D eigenvalue weighted by molar-refractivity contribution is 0.146. The van der Waals surface area contributed by atoms with Crippen LogP contribution in [0.25, 0.3) is 0 Å². The molecule has 2 aromatic rings. The molecule has 0 aliphatic heterocycles. The van der Waals surface area contributed by atoms with Crippen molar-refractivity contribution >= 4 is 5.96 Å². The van der Waals surface area contributed by atoms with Gasteiger partial charge in [0.15, 0.2) is 5.96 Å². The molecule has 5 nitrogen and oxygen atoms in total. The first-order chi connectivity index (χ1) is 13.1. The molecule has 5 heteroatoms. The minimum absolute atomic E-state index is 0.551. The molecule has 27 heavy (non-hydrogen) atoms. The van der Waals surface area contributed by atoms with E-state index < -0.39 is 0 Å². The first-order valence-corrected chi connectivity index (χ1v) is 9.33. The molecule has 0 aromatic heterocycles. The molecule has 0 saturated carbocycles. The Balaban J connectivity index is 1.79. The quantitative estimate of drug-likeness (QED) is 0.405. The van der Waals surface area contributed by atoms with Crippen molar-refractivity contribution in [1.29, 1.82) is 0 Å². The van der Waals surface area contributed by atoms with Crippen LogP contribution in [0.1, 0.15) is 22.3 Å². The van der Waals surface area contributed by atoms with Gasteiger partial charge in [-0.1, -0.05) is 41.5 Å². The Hall–Kier alpha value is -2.53. The monoisotopic (exact) mass is 369 g/mol. The molecule has 2 rings (SSSR count). The van der Waals surface area contributed by atoms with Gasteiger partial charge in [0.2, 0.25) is 0 Å². The Morgan fingerprint density at radius 1 is 0.963 bits per heavy atom. The second-order valence-corrected chi connectivity index (χ2v) is 6.59. The van der Waals surface area contributed by atoms with Crippen LogP contribution in [0.15, 0.2) is 47.5 Å². The van der Waals surface area contributed by atoms with Crippen LogP contribution < -0.4 is 15.4 Å². The van der Waals surface area contributed by atoms with Gasteiger partial charge in [-0.15, -0.1) is 0 Å². The fourth-order valence-electron chi connectivity index (χ4n) is 2.93. The molecule has 2 N–H and O–H groups in total. The Kier molecular flexibility index (Phi) is 8.65. The van der Waals surface area contributed by atoms with E-state index in [1.807, 2.05) is 18.2 Å². The third-order valence-corrected chi connectivity index (χ3v) is 4.13. The fourth-order valence-corrected chi connectivity index (χ4v) is 2.93.